The van der Waals surface area contributed by atoms with Crippen molar-refractivity contribution in [3.63, 3.8) is 0 Å². The summed E-state index contributed by atoms with van der Waals surface area (Å²) >= 11 is 0. The van der Waals surface area contributed by atoms with E-state index < -0.39 is 0 Å². The summed E-state index contributed by atoms with van der Waals surface area (Å²) in [5.74, 6) is 0.540. The Balaban J connectivity index is 1.78. The third-order valence-corrected chi connectivity index (χ3v) is 3.51. The van der Waals surface area contributed by atoms with Crippen LogP contribution in [0.15, 0.2) is 36.4 Å². The Morgan fingerprint density at radius 3 is 2.91 bits per heavy atom. The number of rotatable bonds is 3. The number of nitrogens with one attached hydrogen (secondary N) is 1. The molecule has 0 saturated carbocycles. The fourth-order valence-electron chi connectivity index (χ4n) is 2.42. The van der Waals surface area contributed by atoms with Crippen molar-refractivity contribution in [2.75, 3.05) is 23.4 Å². The molecule has 6 nitrogen and oxygen atoms in total. The van der Waals surface area contributed by atoms with E-state index in [-0.39, 0.29) is 25.0 Å². The number of carbonyl (C=O) groups excluding carboxylic acids is 2. The molecule has 0 spiro atoms. The highest BCUT2D eigenvalue weighted by molar-refractivity contribution is 6.04. The van der Waals surface area contributed by atoms with E-state index in [4.69, 9.17) is 4.74 Å². The van der Waals surface area contributed by atoms with E-state index in [0.29, 0.717) is 17.3 Å². The number of fused-ring (bicyclic) bond motifs is 1. The summed E-state index contributed by atoms with van der Waals surface area (Å²) in [4.78, 5) is 30.0. The van der Waals surface area contributed by atoms with Crippen LogP contribution in [0.25, 0.3) is 0 Å². The van der Waals surface area contributed by atoms with E-state index in [9.17, 15) is 9.59 Å². The lowest BCUT2D eigenvalue weighted by molar-refractivity contribution is -0.123. The lowest BCUT2D eigenvalue weighted by Gasteiger charge is -2.29. The van der Waals surface area contributed by atoms with Gasteiger partial charge in [0.25, 0.3) is 5.91 Å². The number of aromatic nitrogens is 1. The zero-order valence-corrected chi connectivity index (χ0v) is 13.0. The van der Waals surface area contributed by atoms with Crippen molar-refractivity contribution in [2.24, 2.45) is 0 Å². The lowest BCUT2D eigenvalue weighted by atomic mass is 10.1. The molecular formula is C17H17N3O3. The maximum Gasteiger partial charge on any atom is 0.265 e. The van der Waals surface area contributed by atoms with Crippen LogP contribution in [0.3, 0.4) is 0 Å². The number of benzene rings is 1. The van der Waals surface area contributed by atoms with Crippen molar-refractivity contribution >= 4 is 23.3 Å². The van der Waals surface area contributed by atoms with Gasteiger partial charge in [-0.3, -0.25) is 14.5 Å². The number of ether oxygens (including phenoxy) is 1. The van der Waals surface area contributed by atoms with Crippen LogP contribution in [-0.2, 0) is 9.59 Å². The Hall–Kier alpha value is -2.89. The number of carbonyl (C=O) groups is 2. The first-order chi connectivity index (χ1) is 11.0. The molecule has 23 heavy (non-hydrogen) atoms. The standard InChI is InChI=1S/C17H17N3O3/c1-11-6-7-14-13(8-11)20(17(22)10-23-14)9-16(21)19-15-5-3-4-12(2)18-15/h3-8H,9-10H2,1-2H3,(H,18,19,21). The predicted molar refractivity (Wildman–Crippen MR) is 86.6 cm³/mol. The lowest BCUT2D eigenvalue weighted by Crippen LogP contribution is -2.43. The summed E-state index contributed by atoms with van der Waals surface area (Å²) < 4.78 is 5.40. The van der Waals surface area contributed by atoms with Gasteiger partial charge >= 0.3 is 0 Å². The predicted octanol–water partition coefficient (Wildman–Crippen LogP) is 2.06. The van der Waals surface area contributed by atoms with Gasteiger partial charge in [-0.05, 0) is 43.7 Å². The molecule has 6 heteroatoms. The first kappa shape index (κ1) is 15.0. The number of hydrogen-bond donors (Lipinski definition) is 1. The van der Waals surface area contributed by atoms with Gasteiger partial charge in [0.15, 0.2) is 6.61 Å². The highest BCUT2D eigenvalue weighted by atomic mass is 16.5. The van der Waals surface area contributed by atoms with E-state index in [0.717, 1.165) is 11.3 Å². The second-order valence-corrected chi connectivity index (χ2v) is 5.45. The van der Waals surface area contributed by atoms with Crippen LogP contribution in [0.4, 0.5) is 11.5 Å². The molecule has 2 heterocycles. The molecule has 1 aromatic heterocycles. The van der Waals surface area contributed by atoms with Gasteiger partial charge in [0.05, 0.1) is 5.69 Å². The minimum absolute atomic E-state index is 0.0635. The summed E-state index contributed by atoms with van der Waals surface area (Å²) in [7, 11) is 0. The average molecular weight is 311 g/mol. The number of aryl methyl sites for hydroxylation is 2. The molecule has 0 unspecified atom stereocenters. The van der Waals surface area contributed by atoms with Crippen LogP contribution in [0.1, 0.15) is 11.3 Å². The van der Waals surface area contributed by atoms with Gasteiger partial charge in [0.2, 0.25) is 5.91 Å². The van der Waals surface area contributed by atoms with Crippen molar-refractivity contribution in [2.45, 2.75) is 13.8 Å². The fourth-order valence-corrected chi connectivity index (χ4v) is 2.42. The molecule has 0 fully saturated rings. The molecule has 2 aromatic rings. The molecule has 0 aliphatic carbocycles. The summed E-state index contributed by atoms with van der Waals surface area (Å²) in [6, 6.07) is 10.9. The molecule has 0 radical (unpaired) electrons. The smallest absolute Gasteiger partial charge is 0.265 e. The summed E-state index contributed by atoms with van der Waals surface area (Å²) in [6.07, 6.45) is 0. The quantitative estimate of drug-likeness (QED) is 0.942. The van der Waals surface area contributed by atoms with Crippen LogP contribution in [0.5, 0.6) is 5.75 Å². The van der Waals surface area contributed by atoms with Crippen molar-refractivity contribution in [1.82, 2.24) is 4.98 Å². The topological polar surface area (TPSA) is 71.5 Å². The van der Waals surface area contributed by atoms with Crippen LogP contribution >= 0.6 is 0 Å². The Morgan fingerprint density at radius 2 is 2.13 bits per heavy atom. The zero-order chi connectivity index (χ0) is 16.4. The number of hydrogen-bond acceptors (Lipinski definition) is 4. The first-order valence-electron chi connectivity index (χ1n) is 7.30. The van der Waals surface area contributed by atoms with Crippen LogP contribution in [-0.4, -0.2) is 29.9 Å². The molecule has 1 aliphatic rings. The van der Waals surface area contributed by atoms with Crippen molar-refractivity contribution < 1.29 is 14.3 Å². The molecule has 118 valence electrons. The molecule has 1 aliphatic heterocycles. The summed E-state index contributed by atoms with van der Waals surface area (Å²) in [6.45, 7) is 3.63. The minimum atomic E-state index is -0.300. The van der Waals surface area contributed by atoms with E-state index in [1.54, 1.807) is 6.07 Å². The maximum atomic E-state index is 12.2. The molecule has 1 N–H and O–H groups in total. The van der Waals surface area contributed by atoms with Gasteiger partial charge in [-0.1, -0.05) is 12.1 Å². The minimum Gasteiger partial charge on any atom is -0.482 e. The molecule has 0 saturated heterocycles. The Kier molecular flexibility index (Phi) is 3.97. The van der Waals surface area contributed by atoms with E-state index in [1.807, 2.05) is 44.2 Å². The molecule has 0 bridgehead atoms. The molecule has 2 amide bonds. The average Bonchev–Trinajstić information content (AvgIpc) is 2.50. The van der Waals surface area contributed by atoms with Crippen molar-refractivity contribution in [1.29, 1.82) is 0 Å². The molecule has 0 atom stereocenters. The van der Waals surface area contributed by atoms with Crippen LogP contribution in [0.2, 0.25) is 0 Å². The Morgan fingerprint density at radius 1 is 1.30 bits per heavy atom. The number of pyridine rings is 1. The normalized spacial score (nSPS) is 13.3. The fraction of sp³-hybridized carbons (Fsp3) is 0.235. The van der Waals surface area contributed by atoms with Gasteiger partial charge in [-0.15, -0.1) is 0 Å². The molecule has 3 rings (SSSR count). The summed E-state index contributed by atoms with van der Waals surface area (Å²) in [5, 5.41) is 2.71. The van der Waals surface area contributed by atoms with Crippen LogP contribution in [0, 0.1) is 13.8 Å². The highest BCUT2D eigenvalue weighted by Gasteiger charge is 2.27. The monoisotopic (exact) mass is 311 g/mol. The number of amides is 2. The Bertz CT molecular complexity index is 773. The number of nitrogens with zero attached hydrogens (tertiary/aromatic N) is 2. The third kappa shape index (κ3) is 3.31. The highest BCUT2D eigenvalue weighted by Crippen LogP contribution is 2.32. The van der Waals surface area contributed by atoms with Gasteiger partial charge in [0, 0.05) is 5.69 Å². The second-order valence-electron chi connectivity index (χ2n) is 5.45. The van der Waals surface area contributed by atoms with Gasteiger partial charge in [-0.25, -0.2) is 4.98 Å². The van der Waals surface area contributed by atoms with E-state index in [2.05, 4.69) is 10.3 Å². The van der Waals surface area contributed by atoms with Crippen molar-refractivity contribution in [3.8, 4) is 5.75 Å². The van der Waals surface area contributed by atoms with E-state index in [1.165, 1.54) is 4.90 Å². The van der Waals surface area contributed by atoms with Gasteiger partial charge in [-0.2, -0.15) is 0 Å². The summed E-state index contributed by atoms with van der Waals surface area (Å²) in [5.41, 5.74) is 2.42. The molecular weight excluding hydrogens is 294 g/mol. The van der Waals surface area contributed by atoms with Gasteiger partial charge in [0.1, 0.15) is 18.1 Å². The number of anilines is 2. The Labute approximate surface area is 134 Å². The second kappa shape index (κ2) is 6.08. The van der Waals surface area contributed by atoms with Gasteiger partial charge < -0.3 is 10.1 Å². The van der Waals surface area contributed by atoms with E-state index >= 15 is 0 Å². The van der Waals surface area contributed by atoms with Crippen molar-refractivity contribution in [3.05, 3.63) is 47.7 Å². The SMILES string of the molecule is Cc1ccc2c(c1)N(CC(=O)Nc1cccc(C)n1)C(=O)CO2. The largest absolute Gasteiger partial charge is 0.482 e. The van der Waals surface area contributed by atoms with Crippen LogP contribution < -0.4 is 15.0 Å². The molecule has 1 aromatic carbocycles. The maximum absolute atomic E-state index is 12.2. The first-order valence-corrected chi connectivity index (χ1v) is 7.30. The zero-order valence-electron chi connectivity index (χ0n) is 13.0. The third-order valence-electron chi connectivity index (χ3n) is 3.51.